The lowest BCUT2D eigenvalue weighted by Crippen LogP contribution is -2.52. The summed E-state index contributed by atoms with van der Waals surface area (Å²) >= 11 is 0. The van der Waals surface area contributed by atoms with Crippen LogP contribution < -0.4 is 0 Å². The van der Waals surface area contributed by atoms with Crippen LogP contribution in [0.5, 0.6) is 0 Å². The van der Waals surface area contributed by atoms with E-state index in [4.69, 9.17) is 0 Å². The molecule has 0 saturated carbocycles. The maximum absolute atomic E-state index is 2.80. The lowest BCUT2D eigenvalue weighted by Gasteiger charge is -2.51. The topological polar surface area (TPSA) is 6.48 Å². The van der Waals surface area contributed by atoms with Crippen molar-refractivity contribution in [2.45, 2.75) is 43.9 Å². The number of fused-ring (bicyclic) bond motifs is 5. The molecule has 0 radical (unpaired) electrons. The average Bonchev–Trinajstić information content (AvgIpc) is 3.30. The van der Waals surface area contributed by atoms with Gasteiger partial charge in [-0.25, -0.2) is 0 Å². The first kappa shape index (κ1) is 15.2. The molecule has 25 heavy (non-hydrogen) atoms. The smallest absolute Gasteiger partial charge is 0.00399 e. The Morgan fingerprint density at radius 3 is 2.08 bits per heavy atom. The number of benzene rings is 1. The fourth-order valence-corrected chi connectivity index (χ4v) is 7.72. The Balaban J connectivity index is 1.43. The summed E-state index contributed by atoms with van der Waals surface area (Å²) in [5.74, 6) is 3.79. The molecule has 6 atom stereocenters. The normalized spacial score (nSPS) is 47.8. The molecular formula is C23H32N2. The SMILES string of the molecule is c1ccc2c(c1)CCC2(C1CC2CCN(C2)C1)C1CC2CCN(C2)C1. The monoisotopic (exact) mass is 336 g/mol. The fraction of sp³-hybridized carbons (Fsp3) is 0.739. The Morgan fingerprint density at radius 1 is 0.800 bits per heavy atom. The molecular weight excluding hydrogens is 304 g/mol. The summed E-state index contributed by atoms with van der Waals surface area (Å²) in [6, 6.07) is 9.57. The Kier molecular flexibility index (Phi) is 3.39. The molecule has 6 unspecified atom stereocenters. The maximum Gasteiger partial charge on any atom is 0.00399 e. The molecule has 2 heteroatoms. The summed E-state index contributed by atoms with van der Waals surface area (Å²) in [4.78, 5) is 5.61. The summed E-state index contributed by atoms with van der Waals surface area (Å²) in [5, 5.41) is 0. The molecule has 1 aromatic rings. The predicted molar refractivity (Wildman–Crippen MR) is 102 cm³/mol. The number of hydrogen-bond donors (Lipinski definition) is 0. The van der Waals surface area contributed by atoms with E-state index in [1.54, 1.807) is 11.1 Å². The second-order valence-electron chi connectivity index (χ2n) is 9.89. The first-order valence-corrected chi connectivity index (χ1v) is 10.8. The van der Waals surface area contributed by atoms with Gasteiger partial charge in [-0.15, -0.1) is 0 Å². The quantitative estimate of drug-likeness (QED) is 0.815. The van der Waals surface area contributed by atoms with Gasteiger partial charge in [0.05, 0.1) is 0 Å². The first-order chi connectivity index (χ1) is 12.3. The van der Waals surface area contributed by atoms with Crippen molar-refractivity contribution >= 4 is 0 Å². The summed E-state index contributed by atoms with van der Waals surface area (Å²) in [6.45, 7) is 8.30. The third-order valence-corrected chi connectivity index (χ3v) is 8.72. The van der Waals surface area contributed by atoms with Gasteiger partial charge in [0.1, 0.15) is 0 Å². The molecule has 4 saturated heterocycles. The van der Waals surface area contributed by atoms with E-state index in [0.29, 0.717) is 5.41 Å². The van der Waals surface area contributed by atoms with E-state index in [9.17, 15) is 0 Å². The van der Waals surface area contributed by atoms with Crippen LogP contribution in [-0.4, -0.2) is 49.1 Å². The van der Waals surface area contributed by atoms with Crippen LogP contribution in [-0.2, 0) is 11.8 Å². The van der Waals surface area contributed by atoms with Crippen molar-refractivity contribution in [1.82, 2.24) is 9.80 Å². The molecule has 0 aromatic heterocycles. The zero-order valence-electron chi connectivity index (χ0n) is 15.5. The second kappa shape index (κ2) is 5.57. The van der Waals surface area contributed by atoms with Crippen LogP contribution in [0.25, 0.3) is 0 Å². The minimum absolute atomic E-state index is 0.485. The minimum Gasteiger partial charge on any atom is -0.303 e. The predicted octanol–water partition coefficient (Wildman–Crippen LogP) is 3.55. The number of nitrogens with zero attached hydrogens (tertiary/aromatic N) is 2. The third kappa shape index (κ3) is 2.23. The minimum atomic E-state index is 0.485. The van der Waals surface area contributed by atoms with Gasteiger partial charge in [0.25, 0.3) is 0 Å². The molecule has 0 spiro atoms. The largest absolute Gasteiger partial charge is 0.303 e. The van der Waals surface area contributed by atoms with Gasteiger partial charge in [-0.2, -0.15) is 0 Å². The van der Waals surface area contributed by atoms with E-state index in [-0.39, 0.29) is 0 Å². The van der Waals surface area contributed by atoms with Crippen LogP contribution >= 0.6 is 0 Å². The summed E-state index contributed by atoms with van der Waals surface area (Å²) in [7, 11) is 0. The van der Waals surface area contributed by atoms with Gasteiger partial charge in [0.15, 0.2) is 0 Å². The molecule has 4 bridgehead atoms. The van der Waals surface area contributed by atoms with Crippen LogP contribution in [0, 0.1) is 23.7 Å². The lowest BCUT2D eigenvalue weighted by atomic mass is 9.58. The van der Waals surface area contributed by atoms with E-state index in [2.05, 4.69) is 34.1 Å². The number of hydrogen-bond acceptors (Lipinski definition) is 2. The Morgan fingerprint density at radius 2 is 1.44 bits per heavy atom. The third-order valence-electron chi connectivity index (χ3n) is 8.72. The van der Waals surface area contributed by atoms with Crippen molar-refractivity contribution in [2.75, 3.05) is 39.3 Å². The molecule has 4 heterocycles. The van der Waals surface area contributed by atoms with Crippen LogP contribution in [0.3, 0.4) is 0 Å². The Labute approximate surface area is 152 Å². The Hall–Kier alpha value is -0.860. The molecule has 6 rings (SSSR count). The van der Waals surface area contributed by atoms with Crippen molar-refractivity contribution in [2.24, 2.45) is 23.7 Å². The molecule has 1 aromatic carbocycles. The number of piperidine rings is 2. The molecule has 5 aliphatic rings. The number of aryl methyl sites for hydroxylation is 1. The molecule has 2 nitrogen and oxygen atoms in total. The lowest BCUT2D eigenvalue weighted by molar-refractivity contribution is 0.0426. The zero-order chi connectivity index (χ0) is 16.4. The first-order valence-electron chi connectivity index (χ1n) is 10.8. The highest BCUT2D eigenvalue weighted by molar-refractivity contribution is 5.41. The highest BCUT2D eigenvalue weighted by atomic mass is 15.2. The van der Waals surface area contributed by atoms with E-state index in [0.717, 1.165) is 23.7 Å². The van der Waals surface area contributed by atoms with Gasteiger partial charge in [-0.05, 0) is 86.4 Å². The molecule has 4 aliphatic heterocycles. The van der Waals surface area contributed by atoms with Crippen molar-refractivity contribution in [3.8, 4) is 0 Å². The van der Waals surface area contributed by atoms with Crippen molar-refractivity contribution in [3.63, 3.8) is 0 Å². The molecule has 0 amide bonds. The van der Waals surface area contributed by atoms with Gasteiger partial charge in [-0.1, -0.05) is 24.3 Å². The highest BCUT2D eigenvalue weighted by Crippen LogP contribution is 2.56. The Bertz CT molecular complexity index is 614. The highest BCUT2D eigenvalue weighted by Gasteiger charge is 2.54. The van der Waals surface area contributed by atoms with E-state index in [1.807, 2.05) is 0 Å². The van der Waals surface area contributed by atoms with Gasteiger partial charge in [0.2, 0.25) is 0 Å². The standard InChI is InChI=1S/C23H32N2/c1-2-4-22-19(3-1)5-8-23(22,20-11-17-6-9-24(13-17)15-20)21-12-18-7-10-25(14-18)16-21/h1-4,17-18,20-21H,5-16H2. The maximum atomic E-state index is 2.80. The van der Waals surface area contributed by atoms with Crippen LogP contribution in [0.1, 0.15) is 43.2 Å². The molecule has 1 aliphatic carbocycles. The summed E-state index contributed by atoms with van der Waals surface area (Å²) in [5.41, 5.74) is 3.94. The van der Waals surface area contributed by atoms with Crippen LogP contribution in [0.15, 0.2) is 24.3 Å². The second-order valence-corrected chi connectivity index (χ2v) is 9.89. The molecule has 0 N–H and O–H groups in total. The summed E-state index contributed by atoms with van der Waals surface area (Å²) < 4.78 is 0. The van der Waals surface area contributed by atoms with Gasteiger partial charge >= 0.3 is 0 Å². The average molecular weight is 337 g/mol. The van der Waals surface area contributed by atoms with Crippen LogP contribution in [0.4, 0.5) is 0 Å². The zero-order valence-corrected chi connectivity index (χ0v) is 15.5. The van der Waals surface area contributed by atoms with Crippen molar-refractivity contribution in [3.05, 3.63) is 35.4 Å². The van der Waals surface area contributed by atoms with Gasteiger partial charge in [0, 0.05) is 31.6 Å². The fourth-order valence-electron chi connectivity index (χ4n) is 7.72. The van der Waals surface area contributed by atoms with Crippen LogP contribution in [0.2, 0.25) is 0 Å². The van der Waals surface area contributed by atoms with Crippen molar-refractivity contribution in [1.29, 1.82) is 0 Å². The molecule has 4 fully saturated rings. The summed E-state index contributed by atoms with van der Waals surface area (Å²) in [6.07, 6.45) is 8.71. The van der Waals surface area contributed by atoms with Crippen molar-refractivity contribution < 1.29 is 0 Å². The van der Waals surface area contributed by atoms with E-state index >= 15 is 0 Å². The number of rotatable bonds is 2. The van der Waals surface area contributed by atoms with E-state index in [1.165, 1.54) is 77.8 Å². The van der Waals surface area contributed by atoms with E-state index < -0.39 is 0 Å². The van der Waals surface area contributed by atoms with Gasteiger partial charge in [-0.3, -0.25) is 0 Å². The van der Waals surface area contributed by atoms with Gasteiger partial charge < -0.3 is 9.80 Å². The molecule has 134 valence electrons.